The molecule has 48 heavy (non-hydrogen) atoms. The molecule has 8 unspecified atom stereocenters. The minimum Gasteiger partial charge on any atom is -0.478 e. The summed E-state index contributed by atoms with van der Waals surface area (Å²) in [5.41, 5.74) is 4.05. The maximum Gasteiger partial charge on any atom is 0.335 e. The van der Waals surface area contributed by atoms with Gasteiger partial charge < -0.3 is 20.6 Å². The normalized spacial score (nSPS) is 36.1. The third kappa shape index (κ3) is 6.57. The third-order valence-corrected chi connectivity index (χ3v) is 14.3. The summed E-state index contributed by atoms with van der Waals surface area (Å²) in [5.74, 6) is 3.20. The van der Waals surface area contributed by atoms with Crippen LogP contribution in [0, 0.1) is 45.8 Å². The molecule has 6 rings (SSSR count). The van der Waals surface area contributed by atoms with E-state index in [1.165, 1.54) is 68.9 Å². The van der Waals surface area contributed by atoms with Crippen molar-refractivity contribution in [2.75, 3.05) is 33.7 Å². The molecule has 5 aliphatic carbocycles. The first-order valence-corrected chi connectivity index (χ1v) is 19.0. The molecule has 8 atom stereocenters. The molecule has 1 aromatic rings. The Bertz CT molecular complexity index is 1350. The Morgan fingerprint density at radius 3 is 2.27 bits per heavy atom. The van der Waals surface area contributed by atoms with Crippen LogP contribution in [-0.4, -0.2) is 61.2 Å². The van der Waals surface area contributed by atoms with Crippen LogP contribution in [0.25, 0.3) is 5.57 Å². The van der Waals surface area contributed by atoms with Crippen LogP contribution in [0.3, 0.4) is 0 Å². The number of aromatic carboxylic acids is 1. The number of amides is 1. The Balaban J connectivity index is 0.00000145. The van der Waals surface area contributed by atoms with Crippen molar-refractivity contribution in [2.45, 2.75) is 111 Å². The number of hydrogen-bond donors (Lipinski definition) is 3. The maximum absolute atomic E-state index is 11.9. The number of rotatable bonds is 9. The fourth-order valence-corrected chi connectivity index (χ4v) is 12.4. The summed E-state index contributed by atoms with van der Waals surface area (Å²) >= 11 is 0. The summed E-state index contributed by atoms with van der Waals surface area (Å²) in [6, 6.07) is 7.61. The predicted molar refractivity (Wildman–Crippen MR) is 198 cm³/mol. The molecule has 5 aliphatic rings. The minimum absolute atomic E-state index is 0.0563. The molecule has 0 radical (unpaired) electrons. The first-order chi connectivity index (χ1) is 22.7. The lowest BCUT2D eigenvalue weighted by molar-refractivity contribution is -0.172. The predicted octanol–water partition coefficient (Wildman–Crippen LogP) is 8.45. The van der Waals surface area contributed by atoms with Gasteiger partial charge in [0.2, 0.25) is 5.91 Å². The van der Waals surface area contributed by atoms with E-state index in [-0.39, 0.29) is 11.3 Å². The van der Waals surface area contributed by atoms with Gasteiger partial charge in [-0.1, -0.05) is 58.4 Å². The summed E-state index contributed by atoms with van der Waals surface area (Å²) in [5, 5.41) is 17.0. The van der Waals surface area contributed by atoms with Crippen LogP contribution >= 0.6 is 0 Å². The molecule has 1 aromatic carbocycles. The number of nitrogens with zero attached hydrogens (tertiary/aromatic N) is 1. The van der Waals surface area contributed by atoms with E-state index in [4.69, 9.17) is 0 Å². The standard InChI is InChI=1S/C39H59N3O3.C3H6/c1-36(2)29(26-9-11-27(12-10-26)35(44)45)15-20-38(4)32(36)17-21-37(3)30-16-22-39(41-25-24-40-23-18-34(43)42(5)6)19-7-8-31(39)28(30)13-14-33(37)38;1-3-2/h9-12,15,28,30-33,40-41H,7-8,13-14,16-25H2,1-6H3,(H,44,45);3H,1H2,2H3. The fourth-order valence-electron chi connectivity index (χ4n) is 12.4. The van der Waals surface area contributed by atoms with E-state index in [0.717, 1.165) is 49.7 Å². The number of benzene rings is 1. The zero-order chi connectivity index (χ0) is 34.9. The van der Waals surface area contributed by atoms with Crippen molar-refractivity contribution < 1.29 is 14.7 Å². The molecule has 1 amide bonds. The van der Waals surface area contributed by atoms with Gasteiger partial charge >= 0.3 is 5.97 Å². The number of carboxylic acid groups (broad SMARTS) is 1. The van der Waals surface area contributed by atoms with Gasteiger partial charge in [0.1, 0.15) is 0 Å². The van der Waals surface area contributed by atoms with Gasteiger partial charge in [-0.2, -0.15) is 0 Å². The Kier molecular flexibility index (Phi) is 11.1. The van der Waals surface area contributed by atoms with Crippen molar-refractivity contribution in [2.24, 2.45) is 45.8 Å². The van der Waals surface area contributed by atoms with E-state index in [9.17, 15) is 14.7 Å². The molecule has 6 nitrogen and oxygen atoms in total. The monoisotopic (exact) mass is 660 g/mol. The number of nitrogens with one attached hydrogen (secondary N) is 2. The van der Waals surface area contributed by atoms with Crippen LogP contribution in [0.2, 0.25) is 0 Å². The lowest BCUT2D eigenvalue weighted by atomic mass is 9.37. The molecule has 0 aliphatic heterocycles. The number of hydrogen-bond acceptors (Lipinski definition) is 4. The molecule has 266 valence electrons. The van der Waals surface area contributed by atoms with Crippen LogP contribution in [0.1, 0.15) is 121 Å². The second kappa shape index (κ2) is 14.4. The largest absolute Gasteiger partial charge is 0.478 e. The molecule has 4 saturated carbocycles. The van der Waals surface area contributed by atoms with Gasteiger partial charge in [0.15, 0.2) is 0 Å². The van der Waals surface area contributed by atoms with Crippen molar-refractivity contribution in [3.05, 3.63) is 54.1 Å². The molecule has 6 heteroatoms. The third-order valence-electron chi connectivity index (χ3n) is 14.3. The number of carboxylic acids is 1. The number of carbonyl (C=O) groups is 2. The highest BCUT2D eigenvalue weighted by Crippen LogP contribution is 2.72. The fraction of sp³-hybridized carbons (Fsp3) is 0.714. The molecule has 0 spiro atoms. The average Bonchev–Trinajstić information content (AvgIpc) is 3.47. The molecular formula is C42H65N3O3. The topological polar surface area (TPSA) is 81.7 Å². The number of fused-ring (bicyclic) bond motifs is 7. The first-order valence-electron chi connectivity index (χ1n) is 19.0. The zero-order valence-electron chi connectivity index (χ0n) is 31.2. The Labute approximate surface area is 291 Å². The van der Waals surface area contributed by atoms with Gasteiger partial charge in [-0.15, -0.1) is 6.58 Å². The van der Waals surface area contributed by atoms with Crippen molar-refractivity contribution in [3.63, 3.8) is 0 Å². The van der Waals surface area contributed by atoms with Crippen LogP contribution in [0.5, 0.6) is 0 Å². The molecule has 0 heterocycles. The number of allylic oxidation sites excluding steroid dienone is 3. The summed E-state index contributed by atoms with van der Waals surface area (Å²) in [6.45, 7) is 18.2. The summed E-state index contributed by atoms with van der Waals surface area (Å²) in [4.78, 5) is 25.1. The van der Waals surface area contributed by atoms with Crippen molar-refractivity contribution in [1.82, 2.24) is 15.5 Å². The van der Waals surface area contributed by atoms with E-state index in [1.54, 1.807) is 23.1 Å². The molecule has 4 fully saturated rings. The average molecular weight is 660 g/mol. The van der Waals surface area contributed by atoms with E-state index in [1.807, 2.05) is 33.2 Å². The van der Waals surface area contributed by atoms with E-state index in [0.29, 0.717) is 34.3 Å². The summed E-state index contributed by atoms with van der Waals surface area (Å²) in [6.07, 6.45) is 18.2. The highest BCUT2D eigenvalue weighted by molar-refractivity contribution is 5.88. The van der Waals surface area contributed by atoms with Crippen LogP contribution in [0.4, 0.5) is 0 Å². The van der Waals surface area contributed by atoms with Gasteiger partial charge in [0.25, 0.3) is 0 Å². The van der Waals surface area contributed by atoms with E-state index in [2.05, 4.69) is 51.0 Å². The number of carbonyl (C=O) groups excluding carboxylic acids is 1. The van der Waals surface area contributed by atoms with E-state index >= 15 is 0 Å². The Hall–Kier alpha value is -2.44. The summed E-state index contributed by atoms with van der Waals surface area (Å²) in [7, 11) is 3.66. The SMILES string of the molecule is C=CC.CN(C)C(=O)CCNCCNC12CCCC1C1CCC3C(C)(CCC4C(C)(C)C(c5ccc(C(=O)O)cc5)=CCC43C)C1CC2. The van der Waals surface area contributed by atoms with Crippen molar-refractivity contribution in [1.29, 1.82) is 0 Å². The maximum atomic E-state index is 11.9. The Morgan fingerprint density at radius 1 is 0.896 bits per heavy atom. The molecule has 3 N–H and O–H groups in total. The van der Waals surface area contributed by atoms with Crippen molar-refractivity contribution in [3.8, 4) is 0 Å². The van der Waals surface area contributed by atoms with Crippen LogP contribution in [-0.2, 0) is 4.79 Å². The van der Waals surface area contributed by atoms with E-state index < -0.39 is 5.97 Å². The highest BCUT2D eigenvalue weighted by Gasteiger charge is 2.65. The summed E-state index contributed by atoms with van der Waals surface area (Å²) < 4.78 is 0. The van der Waals surface area contributed by atoms with Crippen LogP contribution < -0.4 is 10.6 Å². The van der Waals surface area contributed by atoms with Crippen molar-refractivity contribution >= 4 is 17.4 Å². The molecule has 0 saturated heterocycles. The molecule has 0 aromatic heterocycles. The zero-order valence-corrected chi connectivity index (χ0v) is 31.2. The quantitative estimate of drug-likeness (QED) is 0.183. The second-order valence-corrected chi connectivity index (χ2v) is 17.2. The van der Waals surface area contributed by atoms with Crippen LogP contribution in [0.15, 0.2) is 43.0 Å². The lowest BCUT2D eigenvalue weighted by Gasteiger charge is -2.68. The van der Waals surface area contributed by atoms with Gasteiger partial charge in [-0.3, -0.25) is 4.79 Å². The molecule has 0 bridgehead atoms. The highest BCUT2D eigenvalue weighted by atomic mass is 16.4. The van der Waals surface area contributed by atoms with Gasteiger partial charge in [0, 0.05) is 45.7 Å². The second-order valence-electron chi connectivity index (χ2n) is 17.2. The lowest BCUT2D eigenvalue weighted by Crippen LogP contribution is -2.63. The van der Waals surface area contributed by atoms with Gasteiger partial charge in [-0.25, -0.2) is 4.79 Å². The smallest absolute Gasteiger partial charge is 0.335 e. The van der Waals surface area contributed by atoms with Gasteiger partial charge in [0.05, 0.1) is 5.56 Å². The Morgan fingerprint density at radius 2 is 1.60 bits per heavy atom. The minimum atomic E-state index is -0.858. The first kappa shape index (κ1) is 36.8. The molecular weight excluding hydrogens is 594 g/mol. The van der Waals surface area contributed by atoms with Gasteiger partial charge in [-0.05, 0) is 134 Å².